The third-order valence-electron chi connectivity index (χ3n) is 5.68. The molecule has 1 atom stereocenters. The summed E-state index contributed by atoms with van der Waals surface area (Å²) in [7, 11) is 0. The number of carbonyl (C=O) groups excluding carboxylic acids is 2. The molecule has 7 heteroatoms. The lowest BCUT2D eigenvalue weighted by Gasteiger charge is -2.37. The molecule has 2 aromatic carbocycles. The standard InChI is InChI=1S/C22H23ClFN3O2/c1-15-2-4-17(5-3-15)25-8-10-26(11-9-25)22(29)16-12-21(28)27(14-16)18-6-7-20(24)19(23)13-18/h2-7,13,16H,8-12,14H2,1H3. The topological polar surface area (TPSA) is 43.9 Å². The Bertz CT molecular complexity index is 926. The number of nitrogens with zero attached hydrogens (tertiary/aromatic N) is 3. The van der Waals surface area contributed by atoms with Gasteiger partial charge in [-0.3, -0.25) is 9.59 Å². The van der Waals surface area contributed by atoms with Gasteiger partial charge in [0.05, 0.1) is 10.9 Å². The Labute approximate surface area is 174 Å². The summed E-state index contributed by atoms with van der Waals surface area (Å²) in [5.74, 6) is -1.03. The van der Waals surface area contributed by atoms with Crippen LogP contribution < -0.4 is 9.80 Å². The van der Waals surface area contributed by atoms with Crippen molar-refractivity contribution < 1.29 is 14.0 Å². The first-order chi connectivity index (χ1) is 13.9. The van der Waals surface area contributed by atoms with Gasteiger partial charge < -0.3 is 14.7 Å². The maximum Gasteiger partial charge on any atom is 0.228 e. The first-order valence-corrected chi connectivity index (χ1v) is 10.2. The van der Waals surface area contributed by atoms with Gasteiger partial charge in [-0.05, 0) is 37.3 Å². The van der Waals surface area contributed by atoms with Crippen LogP contribution in [0.5, 0.6) is 0 Å². The van der Waals surface area contributed by atoms with E-state index < -0.39 is 5.82 Å². The normalized spacial score (nSPS) is 19.8. The van der Waals surface area contributed by atoms with E-state index in [4.69, 9.17) is 11.6 Å². The number of anilines is 2. The molecule has 2 aromatic rings. The van der Waals surface area contributed by atoms with Crippen LogP contribution in [0.3, 0.4) is 0 Å². The average Bonchev–Trinajstić information content (AvgIpc) is 3.12. The Morgan fingerprint density at radius 2 is 1.69 bits per heavy atom. The number of hydrogen-bond donors (Lipinski definition) is 0. The van der Waals surface area contributed by atoms with E-state index in [1.807, 2.05) is 4.90 Å². The second-order valence-corrected chi connectivity index (χ2v) is 8.06. The van der Waals surface area contributed by atoms with Crippen LogP contribution in [0.1, 0.15) is 12.0 Å². The quantitative estimate of drug-likeness (QED) is 0.770. The Morgan fingerprint density at radius 3 is 2.34 bits per heavy atom. The van der Waals surface area contributed by atoms with E-state index in [0.717, 1.165) is 18.8 Å². The van der Waals surface area contributed by atoms with Gasteiger partial charge in [0.15, 0.2) is 0 Å². The Balaban J connectivity index is 1.37. The third kappa shape index (κ3) is 4.08. The minimum atomic E-state index is -0.527. The fourth-order valence-corrected chi connectivity index (χ4v) is 4.15. The van der Waals surface area contributed by atoms with Crippen molar-refractivity contribution in [1.82, 2.24) is 4.90 Å². The fourth-order valence-electron chi connectivity index (χ4n) is 3.97. The van der Waals surface area contributed by atoms with E-state index in [9.17, 15) is 14.0 Å². The molecule has 29 heavy (non-hydrogen) atoms. The third-order valence-corrected chi connectivity index (χ3v) is 5.97. The maximum absolute atomic E-state index is 13.4. The summed E-state index contributed by atoms with van der Waals surface area (Å²) in [6.45, 7) is 5.18. The van der Waals surface area contributed by atoms with E-state index in [-0.39, 0.29) is 29.2 Å². The number of carbonyl (C=O) groups is 2. The molecule has 2 fully saturated rings. The number of benzene rings is 2. The molecular formula is C22H23ClFN3O2. The minimum Gasteiger partial charge on any atom is -0.368 e. The van der Waals surface area contributed by atoms with Crippen LogP contribution in [0, 0.1) is 18.7 Å². The predicted molar refractivity (Wildman–Crippen MR) is 112 cm³/mol. The Morgan fingerprint density at radius 1 is 1.03 bits per heavy atom. The van der Waals surface area contributed by atoms with Gasteiger partial charge in [-0.1, -0.05) is 29.3 Å². The number of hydrogen-bond acceptors (Lipinski definition) is 3. The molecule has 0 N–H and O–H groups in total. The van der Waals surface area contributed by atoms with Gasteiger partial charge in [-0.15, -0.1) is 0 Å². The first kappa shape index (κ1) is 19.7. The van der Waals surface area contributed by atoms with Crippen LogP contribution in [0.15, 0.2) is 42.5 Å². The molecule has 0 aromatic heterocycles. The summed E-state index contributed by atoms with van der Waals surface area (Å²) < 4.78 is 13.4. The summed E-state index contributed by atoms with van der Waals surface area (Å²) in [4.78, 5) is 31.1. The van der Waals surface area contributed by atoms with Crippen LogP contribution in [-0.2, 0) is 9.59 Å². The molecule has 0 radical (unpaired) electrons. The maximum atomic E-state index is 13.4. The molecule has 1 unspecified atom stereocenters. The van der Waals surface area contributed by atoms with Crippen LogP contribution in [0.4, 0.5) is 15.8 Å². The van der Waals surface area contributed by atoms with Gasteiger partial charge >= 0.3 is 0 Å². The lowest BCUT2D eigenvalue weighted by atomic mass is 10.1. The summed E-state index contributed by atoms with van der Waals surface area (Å²) in [6, 6.07) is 12.6. The van der Waals surface area contributed by atoms with E-state index in [1.165, 1.54) is 28.7 Å². The number of rotatable bonds is 3. The molecule has 4 rings (SSSR count). The van der Waals surface area contributed by atoms with Crippen molar-refractivity contribution >= 4 is 34.8 Å². The molecule has 2 saturated heterocycles. The summed E-state index contributed by atoms with van der Waals surface area (Å²) in [5.41, 5.74) is 2.92. The van der Waals surface area contributed by atoms with Crippen LogP contribution in [0.2, 0.25) is 5.02 Å². The van der Waals surface area contributed by atoms with Crippen LogP contribution >= 0.6 is 11.6 Å². The zero-order valence-electron chi connectivity index (χ0n) is 16.3. The zero-order chi connectivity index (χ0) is 20.5. The van der Waals surface area contributed by atoms with Gasteiger partial charge in [0.2, 0.25) is 11.8 Å². The predicted octanol–water partition coefficient (Wildman–Crippen LogP) is 3.49. The van der Waals surface area contributed by atoms with E-state index in [2.05, 4.69) is 36.1 Å². The minimum absolute atomic E-state index is 0.0117. The van der Waals surface area contributed by atoms with Crippen molar-refractivity contribution in [1.29, 1.82) is 0 Å². The lowest BCUT2D eigenvalue weighted by Crippen LogP contribution is -2.50. The second kappa shape index (κ2) is 8.03. The highest BCUT2D eigenvalue weighted by molar-refractivity contribution is 6.31. The number of aryl methyl sites for hydroxylation is 1. The molecule has 152 valence electrons. The molecule has 0 saturated carbocycles. The van der Waals surface area contributed by atoms with Gasteiger partial charge in [-0.25, -0.2) is 4.39 Å². The summed E-state index contributed by atoms with van der Waals surface area (Å²) in [5, 5.41) is -0.0303. The van der Waals surface area contributed by atoms with Crippen LogP contribution in [-0.4, -0.2) is 49.4 Å². The molecule has 0 aliphatic carbocycles. The Kier molecular flexibility index (Phi) is 5.46. The molecule has 2 amide bonds. The second-order valence-electron chi connectivity index (χ2n) is 7.65. The highest BCUT2D eigenvalue weighted by Gasteiger charge is 2.38. The van der Waals surface area contributed by atoms with Crippen molar-refractivity contribution in [3.63, 3.8) is 0 Å². The number of piperazine rings is 1. The zero-order valence-corrected chi connectivity index (χ0v) is 17.0. The first-order valence-electron chi connectivity index (χ1n) is 9.78. The monoisotopic (exact) mass is 415 g/mol. The smallest absolute Gasteiger partial charge is 0.228 e. The van der Waals surface area contributed by atoms with Crippen LogP contribution in [0.25, 0.3) is 0 Å². The molecule has 2 aliphatic rings. The Hall–Kier alpha value is -2.60. The largest absolute Gasteiger partial charge is 0.368 e. The molecular weight excluding hydrogens is 393 g/mol. The molecule has 0 spiro atoms. The molecule has 0 bridgehead atoms. The number of halogens is 2. The molecule has 2 aliphatic heterocycles. The van der Waals surface area contributed by atoms with Gasteiger partial charge in [0.1, 0.15) is 5.82 Å². The average molecular weight is 416 g/mol. The van der Waals surface area contributed by atoms with Crippen molar-refractivity contribution in [3.8, 4) is 0 Å². The van der Waals surface area contributed by atoms with Crippen molar-refractivity contribution in [2.45, 2.75) is 13.3 Å². The summed E-state index contributed by atoms with van der Waals surface area (Å²) >= 11 is 5.84. The van der Waals surface area contributed by atoms with E-state index in [0.29, 0.717) is 25.3 Å². The SMILES string of the molecule is Cc1ccc(N2CCN(C(=O)C3CC(=O)N(c4ccc(F)c(Cl)c4)C3)CC2)cc1. The highest BCUT2D eigenvalue weighted by atomic mass is 35.5. The van der Waals surface area contributed by atoms with Gasteiger partial charge in [0, 0.05) is 50.5 Å². The number of amides is 2. The van der Waals surface area contributed by atoms with Crippen molar-refractivity contribution in [2.24, 2.45) is 5.92 Å². The molecule has 5 nitrogen and oxygen atoms in total. The highest BCUT2D eigenvalue weighted by Crippen LogP contribution is 2.29. The van der Waals surface area contributed by atoms with Gasteiger partial charge in [-0.2, -0.15) is 0 Å². The lowest BCUT2D eigenvalue weighted by molar-refractivity contribution is -0.136. The van der Waals surface area contributed by atoms with Crippen molar-refractivity contribution in [2.75, 3.05) is 42.5 Å². The van der Waals surface area contributed by atoms with E-state index >= 15 is 0 Å². The molecule has 2 heterocycles. The fraction of sp³-hybridized carbons (Fsp3) is 0.364. The van der Waals surface area contributed by atoms with Crippen molar-refractivity contribution in [3.05, 3.63) is 58.9 Å². The summed E-state index contributed by atoms with van der Waals surface area (Å²) in [6.07, 6.45) is 0.173. The van der Waals surface area contributed by atoms with E-state index in [1.54, 1.807) is 0 Å². The van der Waals surface area contributed by atoms with Gasteiger partial charge in [0.25, 0.3) is 0 Å².